The van der Waals surface area contributed by atoms with E-state index in [2.05, 4.69) is 13.0 Å². The summed E-state index contributed by atoms with van der Waals surface area (Å²) in [5, 5.41) is 0. The zero-order valence-corrected chi connectivity index (χ0v) is 6.54. The van der Waals surface area contributed by atoms with Gasteiger partial charge >= 0.3 is 0 Å². The predicted molar refractivity (Wildman–Crippen MR) is 40.9 cm³/mol. The lowest BCUT2D eigenvalue weighted by Crippen LogP contribution is -2.10. The fourth-order valence-corrected chi connectivity index (χ4v) is 2.19. The van der Waals surface area contributed by atoms with Gasteiger partial charge in [-0.1, -0.05) is 11.6 Å². The molecule has 1 aliphatic heterocycles. The summed E-state index contributed by atoms with van der Waals surface area (Å²) in [5.41, 5.74) is 1.48. The highest BCUT2D eigenvalue weighted by atomic mass is 32.2. The molecule has 0 aromatic heterocycles. The Morgan fingerprint density at radius 1 is 1.44 bits per heavy atom. The molecule has 1 saturated heterocycles. The first-order valence-corrected chi connectivity index (χ1v) is 4.81. The molecule has 1 nitrogen and oxygen atoms in total. The summed E-state index contributed by atoms with van der Waals surface area (Å²) >= 11 is 0. The second-order valence-electron chi connectivity index (χ2n) is 2.29. The molecular formula is C7H12OS. The third kappa shape index (κ3) is 1.94. The van der Waals surface area contributed by atoms with Gasteiger partial charge in [0.25, 0.3) is 0 Å². The molecule has 1 fully saturated rings. The summed E-state index contributed by atoms with van der Waals surface area (Å²) in [4.78, 5) is 0. The Kier molecular flexibility index (Phi) is 2.46. The van der Waals surface area contributed by atoms with Crippen molar-refractivity contribution in [2.45, 2.75) is 19.8 Å². The van der Waals surface area contributed by atoms with Crippen molar-refractivity contribution in [2.75, 3.05) is 11.5 Å². The van der Waals surface area contributed by atoms with E-state index in [4.69, 9.17) is 0 Å². The average Bonchev–Trinajstić information content (AvgIpc) is 1.90. The van der Waals surface area contributed by atoms with Crippen molar-refractivity contribution in [3.8, 4) is 0 Å². The molecule has 0 aromatic carbocycles. The van der Waals surface area contributed by atoms with Crippen LogP contribution in [0.2, 0.25) is 0 Å². The lowest BCUT2D eigenvalue weighted by Gasteiger charge is -2.11. The van der Waals surface area contributed by atoms with Gasteiger partial charge in [0.15, 0.2) is 0 Å². The Morgan fingerprint density at radius 3 is 2.44 bits per heavy atom. The molecule has 0 radical (unpaired) electrons. The van der Waals surface area contributed by atoms with Gasteiger partial charge in [-0.15, -0.1) is 0 Å². The maximum absolute atomic E-state index is 10.8. The first-order valence-electron chi connectivity index (χ1n) is 3.32. The van der Waals surface area contributed by atoms with Crippen LogP contribution in [0.4, 0.5) is 0 Å². The molecule has 9 heavy (non-hydrogen) atoms. The summed E-state index contributed by atoms with van der Waals surface area (Å²) in [6, 6.07) is 0. The van der Waals surface area contributed by atoms with Crippen LogP contribution in [0.25, 0.3) is 0 Å². The minimum atomic E-state index is -0.503. The molecule has 0 aliphatic carbocycles. The van der Waals surface area contributed by atoms with Gasteiger partial charge < -0.3 is 0 Å². The number of allylic oxidation sites excluding steroid dienone is 2. The van der Waals surface area contributed by atoms with Gasteiger partial charge in [0, 0.05) is 22.3 Å². The van der Waals surface area contributed by atoms with E-state index in [1.807, 2.05) is 0 Å². The molecule has 0 unspecified atom stereocenters. The molecule has 2 heteroatoms. The molecule has 0 atom stereocenters. The Balaban J connectivity index is 2.44. The van der Waals surface area contributed by atoms with Crippen LogP contribution >= 0.6 is 0 Å². The van der Waals surface area contributed by atoms with Crippen LogP contribution in [0.1, 0.15) is 19.8 Å². The molecule has 0 saturated carbocycles. The van der Waals surface area contributed by atoms with Crippen molar-refractivity contribution < 1.29 is 4.21 Å². The van der Waals surface area contributed by atoms with Gasteiger partial charge in [0.05, 0.1) is 0 Å². The molecule has 1 heterocycles. The van der Waals surface area contributed by atoms with Crippen LogP contribution in [0.3, 0.4) is 0 Å². The minimum Gasteiger partial charge on any atom is -0.260 e. The molecule has 1 rings (SSSR count). The highest BCUT2D eigenvalue weighted by Crippen LogP contribution is 2.14. The summed E-state index contributed by atoms with van der Waals surface area (Å²) in [7, 11) is -0.503. The van der Waals surface area contributed by atoms with E-state index in [-0.39, 0.29) is 0 Å². The molecule has 0 N–H and O–H groups in total. The third-order valence-electron chi connectivity index (χ3n) is 1.71. The maximum atomic E-state index is 10.8. The molecule has 0 bridgehead atoms. The number of rotatable bonds is 0. The van der Waals surface area contributed by atoms with E-state index in [1.165, 1.54) is 5.57 Å². The van der Waals surface area contributed by atoms with E-state index in [0.29, 0.717) is 0 Å². The lowest BCUT2D eigenvalue weighted by molar-refractivity contribution is 0.676. The normalized spacial score (nSPS) is 28.1. The second kappa shape index (κ2) is 3.16. The van der Waals surface area contributed by atoms with Crippen molar-refractivity contribution in [3.63, 3.8) is 0 Å². The quantitative estimate of drug-likeness (QED) is 0.471. The zero-order chi connectivity index (χ0) is 6.69. The van der Waals surface area contributed by atoms with Crippen LogP contribution < -0.4 is 0 Å². The maximum Gasteiger partial charge on any atom is 0.0272 e. The third-order valence-corrected chi connectivity index (χ3v) is 3.03. The van der Waals surface area contributed by atoms with E-state index < -0.39 is 10.8 Å². The molecular weight excluding hydrogens is 132 g/mol. The summed E-state index contributed by atoms with van der Waals surface area (Å²) in [6.07, 6.45) is 4.27. The smallest absolute Gasteiger partial charge is 0.0272 e. The van der Waals surface area contributed by atoms with E-state index in [9.17, 15) is 4.21 Å². The van der Waals surface area contributed by atoms with Crippen LogP contribution in [0, 0.1) is 0 Å². The number of hydrogen-bond donors (Lipinski definition) is 0. The topological polar surface area (TPSA) is 17.1 Å². The Bertz CT molecular complexity index is 137. The lowest BCUT2D eigenvalue weighted by atomic mass is 10.1. The molecule has 52 valence electrons. The van der Waals surface area contributed by atoms with Gasteiger partial charge in [-0.05, 0) is 19.8 Å². The van der Waals surface area contributed by atoms with Crippen molar-refractivity contribution in [1.82, 2.24) is 0 Å². The fraction of sp³-hybridized carbons (Fsp3) is 0.714. The van der Waals surface area contributed by atoms with Crippen LogP contribution in [0.5, 0.6) is 0 Å². The van der Waals surface area contributed by atoms with Crippen molar-refractivity contribution >= 4 is 10.8 Å². The van der Waals surface area contributed by atoms with E-state index in [1.54, 1.807) is 0 Å². The molecule has 0 aromatic rings. The van der Waals surface area contributed by atoms with Crippen molar-refractivity contribution in [2.24, 2.45) is 0 Å². The van der Waals surface area contributed by atoms with Gasteiger partial charge in [-0.3, -0.25) is 4.21 Å². The standard InChI is InChI=1S/C7H12OS/c1-2-7-3-5-9(8)6-4-7/h2H,3-6H2,1H3. The van der Waals surface area contributed by atoms with Crippen LogP contribution in [0.15, 0.2) is 11.6 Å². The Morgan fingerprint density at radius 2 is 2.00 bits per heavy atom. The van der Waals surface area contributed by atoms with E-state index >= 15 is 0 Å². The van der Waals surface area contributed by atoms with Gasteiger partial charge in [-0.25, -0.2) is 0 Å². The van der Waals surface area contributed by atoms with Gasteiger partial charge in [-0.2, -0.15) is 0 Å². The molecule has 1 aliphatic rings. The average molecular weight is 144 g/mol. The van der Waals surface area contributed by atoms with E-state index in [0.717, 1.165) is 24.3 Å². The minimum absolute atomic E-state index is 0.503. The molecule has 0 amide bonds. The largest absolute Gasteiger partial charge is 0.260 e. The van der Waals surface area contributed by atoms with Crippen LogP contribution in [-0.4, -0.2) is 15.7 Å². The highest BCUT2D eigenvalue weighted by Gasteiger charge is 2.09. The zero-order valence-electron chi connectivity index (χ0n) is 5.72. The second-order valence-corrected chi connectivity index (χ2v) is 3.99. The summed E-state index contributed by atoms with van der Waals surface area (Å²) in [6.45, 7) is 2.06. The number of hydrogen-bond acceptors (Lipinski definition) is 1. The highest BCUT2D eigenvalue weighted by molar-refractivity contribution is 7.85. The Labute approximate surface area is 58.6 Å². The van der Waals surface area contributed by atoms with Gasteiger partial charge in [0.2, 0.25) is 0 Å². The van der Waals surface area contributed by atoms with Gasteiger partial charge in [0.1, 0.15) is 0 Å². The van der Waals surface area contributed by atoms with Crippen molar-refractivity contribution in [1.29, 1.82) is 0 Å². The fourth-order valence-electron chi connectivity index (χ4n) is 1.01. The summed E-state index contributed by atoms with van der Waals surface area (Å²) in [5.74, 6) is 1.78. The predicted octanol–water partition coefficient (Wildman–Crippen LogP) is 1.48. The first kappa shape index (κ1) is 7.00. The Hall–Kier alpha value is -0.110. The first-order chi connectivity index (χ1) is 4.33. The molecule has 0 spiro atoms. The summed E-state index contributed by atoms with van der Waals surface area (Å²) < 4.78 is 10.8. The van der Waals surface area contributed by atoms with Crippen molar-refractivity contribution in [3.05, 3.63) is 11.6 Å². The van der Waals surface area contributed by atoms with Crippen LogP contribution in [-0.2, 0) is 10.8 Å². The SMILES string of the molecule is CC=C1CCS(=O)CC1. The monoisotopic (exact) mass is 144 g/mol.